The van der Waals surface area contributed by atoms with E-state index >= 15 is 0 Å². The fourth-order valence-corrected chi connectivity index (χ4v) is 3.69. The fraction of sp³-hybridized carbons (Fsp3) is 0.214. The molecule has 1 radical (unpaired) electrons. The fourth-order valence-electron chi connectivity index (χ4n) is 3.69. The first kappa shape index (κ1) is 26.4. The maximum Gasteiger partial charge on any atom is 2.00 e. The predicted molar refractivity (Wildman–Crippen MR) is 133 cm³/mol. The van der Waals surface area contributed by atoms with E-state index in [0.29, 0.717) is 50.6 Å². The van der Waals surface area contributed by atoms with Crippen LogP contribution >= 0.6 is 0 Å². The molecule has 4 aromatic rings. The molecular formula is C28H26CuN2O4. The van der Waals surface area contributed by atoms with E-state index in [1.807, 2.05) is 60.7 Å². The van der Waals surface area contributed by atoms with Gasteiger partial charge in [0, 0.05) is 12.4 Å². The molecule has 0 aromatic heterocycles. The second kappa shape index (κ2) is 13.6. The second-order valence-corrected chi connectivity index (χ2v) is 7.69. The van der Waals surface area contributed by atoms with E-state index in [0.717, 1.165) is 21.5 Å². The van der Waals surface area contributed by atoms with Gasteiger partial charge in [-0.25, -0.2) is 0 Å². The molecule has 0 N–H and O–H groups in total. The first-order valence-corrected chi connectivity index (χ1v) is 11.3. The zero-order valence-electron chi connectivity index (χ0n) is 19.2. The summed E-state index contributed by atoms with van der Waals surface area (Å²) in [5.74, 6) is -0.0716. The van der Waals surface area contributed by atoms with Crippen LogP contribution in [0.2, 0.25) is 0 Å². The van der Waals surface area contributed by atoms with E-state index in [1.165, 1.54) is 0 Å². The molecule has 0 fully saturated rings. The van der Waals surface area contributed by atoms with Crippen molar-refractivity contribution in [2.24, 2.45) is 9.98 Å². The molecule has 183 valence electrons. The van der Waals surface area contributed by atoms with Gasteiger partial charge in [-0.2, -0.15) is 0 Å². The maximum atomic E-state index is 12.1. The van der Waals surface area contributed by atoms with Crippen molar-refractivity contribution < 1.29 is 36.8 Å². The Morgan fingerprint density at radius 3 is 1.46 bits per heavy atom. The summed E-state index contributed by atoms with van der Waals surface area (Å²) in [6.45, 7) is 2.74. The minimum absolute atomic E-state index is 0. The average Bonchev–Trinajstić information content (AvgIpc) is 2.87. The van der Waals surface area contributed by atoms with Crippen LogP contribution in [0.3, 0.4) is 0 Å². The van der Waals surface area contributed by atoms with E-state index in [9.17, 15) is 10.2 Å². The van der Waals surface area contributed by atoms with Gasteiger partial charge in [0.15, 0.2) is 0 Å². The van der Waals surface area contributed by atoms with Crippen LogP contribution in [0.1, 0.15) is 11.1 Å². The number of rotatable bonds is 11. The SMILES string of the molecule is [Cu+2].[O-]c1ccc2ccccc2c1C=NCCOCCOCCN=Cc1c([O-])ccc2ccccc12. The van der Waals surface area contributed by atoms with Gasteiger partial charge in [-0.05, 0) is 32.7 Å². The minimum atomic E-state index is -0.0358. The van der Waals surface area contributed by atoms with Gasteiger partial charge in [0.05, 0.1) is 39.5 Å². The van der Waals surface area contributed by atoms with Crippen molar-refractivity contribution in [2.45, 2.75) is 0 Å². The number of ether oxygens (including phenoxy) is 2. The van der Waals surface area contributed by atoms with Crippen LogP contribution in [0, 0.1) is 0 Å². The third-order valence-electron chi connectivity index (χ3n) is 5.40. The Labute approximate surface area is 215 Å². The third kappa shape index (κ3) is 7.13. The molecule has 0 amide bonds. The van der Waals surface area contributed by atoms with E-state index in [1.54, 1.807) is 24.6 Å². The Kier molecular flexibility index (Phi) is 10.3. The minimum Gasteiger partial charge on any atom is -0.872 e. The molecule has 7 heteroatoms. The smallest absolute Gasteiger partial charge is 0.872 e. The molecule has 35 heavy (non-hydrogen) atoms. The van der Waals surface area contributed by atoms with Gasteiger partial charge in [0.25, 0.3) is 0 Å². The maximum absolute atomic E-state index is 12.1. The van der Waals surface area contributed by atoms with E-state index in [2.05, 4.69) is 9.98 Å². The van der Waals surface area contributed by atoms with Gasteiger partial charge in [-0.1, -0.05) is 84.3 Å². The zero-order valence-corrected chi connectivity index (χ0v) is 20.1. The number of nitrogens with zero attached hydrogens (tertiary/aromatic N) is 2. The van der Waals surface area contributed by atoms with Gasteiger partial charge in [-0.3, -0.25) is 9.98 Å². The van der Waals surface area contributed by atoms with Gasteiger partial charge in [0.2, 0.25) is 0 Å². The summed E-state index contributed by atoms with van der Waals surface area (Å²) < 4.78 is 11.1. The predicted octanol–water partition coefficient (Wildman–Crippen LogP) is 3.71. The van der Waals surface area contributed by atoms with Crippen molar-refractivity contribution in [3.8, 4) is 11.5 Å². The molecule has 0 bridgehead atoms. The largest absolute Gasteiger partial charge is 2.00 e. The van der Waals surface area contributed by atoms with Crippen LogP contribution in [0.4, 0.5) is 0 Å². The molecule has 0 aliphatic carbocycles. The molecule has 0 unspecified atom stereocenters. The van der Waals surface area contributed by atoms with Crippen LogP contribution in [-0.4, -0.2) is 51.9 Å². The molecular weight excluding hydrogens is 492 g/mol. The van der Waals surface area contributed by atoms with Crippen molar-refractivity contribution in [3.63, 3.8) is 0 Å². The number of benzene rings is 4. The Morgan fingerprint density at radius 2 is 1.00 bits per heavy atom. The monoisotopic (exact) mass is 517 g/mol. The molecule has 4 rings (SSSR count). The average molecular weight is 518 g/mol. The summed E-state index contributed by atoms with van der Waals surface area (Å²) in [5, 5.41) is 28.1. The normalized spacial score (nSPS) is 11.5. The number of hydrogen-bond acceptors (Lipinski definition) is 6. The number of fused-ring (bicyclic) bond motifs is 2. The molecule has 0 spiro atoms. The molecule has 0 aliphatic heterocycles. The first-order valence-electron chi connectivity index (χ1n) is 11.3. The standard InChI is InChI=1S/C28H28N2O4.Cu/c31-27-11-9-21-5-1-3-7-23(21)25(27)19-29-13-15-33-17-18-34-16-14-30-20-26-24-8-4-2-6-22(24)10-12-28(26)32;/h1-12,19-20,31-32H,13-18H2;/q;+2/p-2. The van der Waals surface area contributed by atoms with Crippen LogP contribution in [0.15, 0.2) is 82.8 Å². The van der Waals surface area contributed by atoms with Crippen LogP contribution in [0.25, 0.3) is 21.5 Å². The van der Waals surface area contributed by atoms with E-state index < -0.39 is 0 Å². The van der Waals surface area contributed by atoms with Gasteiger partial charge < -0.3 is 19.7 Å². The van der Waals surface area contributed by atoms with Crippen molar-refractivity contribution in [1.29, 1.82) is 0 Å². The topological polar surface area (TPSA) is 89.3 Å². The molecule has 0 aliphatic rings. The Bertz CT molecular complexity index is 1210. The van der Waals surface area contributed by atoms with Crippen molar-refractivity contribution >= 4 is 34.0 Å². The molecule has 0 saturated carbocycles. The van der Waals surface area contributed by atoms with E-state index in [4.69, 9.17) is 9.47 Å². The molecule has 0 heterocycles. The van der Waals surface area contributed by atoms with Crippen molar-refractivity contribution in [3.05, 3.63) is 83.9 Å². The van der Waals surface area contributed by atoms with Gasteiger partial charge in [-0.15, -0.1) is 0 Å². The quantitative estimate of drug-likeness (QED) is 0.172. The number of aliphatic imine (C=N–C) groups is 2. The van der Waals surface area contributed by atoms with Gasteiger partial charge >= 0.3 is 17.1 Å². The van der Waals surface area contributed by atoms with Gasteiger partial charge in [0.1, 0.15) is 0 Å². The second-order valence-electron chi connectivity index (χ2n) is 7.69. The van der Waals surface area contributed by atoms with Crippen LogP contribution < -0.4 is 10.2 Å². The molecule has 0 saturated heterocycles. The summed E-state index contributed by atoms with van der Waals surface area (Å²) in [6, 6.07) is 22.3. The summed E-state index contributed by atoms with van der Waals surface area (Å²) in [7, 11) is 0. The summed E-state index contributed by atoms with van der Waals surface area (Å²) >= 11 is 0. The summed E-state index contributed by atoms with van der Waals surface area (Å²) in [5.41, 5.74) is 1.21. The summed E-state index contributed by atoms with van der Waals surface area (Å²) in [6.07, 6.45) is 3.26. The van der Waals surface area contributed by atoms with Crippen LogP contribution in [-0.2, 0) is 26.5 Å². The number of hydrogen-bond donors (Lipinski definition) is 0. The van der Waals surface area contributed by atoms with E-state index in [-0.39, 0.29) is 28.6 Å². The Balaban J connectivity index is 0.00000342. The molecule has 6 nitrogen and oxygen atoms in total. The molecule has 4 aromatic carbocycles. The summed E-state index contributed by atoms with van der Waals surface area (Å²) in [4.78, 5) is 8.67. The Hall–Kier alpha value is -3.22. The first-order chi connectivity index (χ1) is 16.7. The van der Waals surface area contributed by atoms with Crippen molar-refractivity contribution in [2.75, 3.05) is 39.5 Å². The third-order valence-corrected chi connectivity index (χ3v) is 5.40. The van der Waals surface area contributed by atoms with Crippen molar-refractivity contribution in [1.82, 2.24) is 0 Å². The molecule has 0 atom stereocenters. The Morgan fingerprint density at radius 1 is 0.571 bits per heavy atom. The zero-order chi connectivity index (χ0) is 23.6. The van der Waals surface area contributed by atoms with Crippen LogP contribution in [0.5, 0.6) is 11.5 Å².